The number of fused-ring (bicyclic) bond motifs is 1. The maximum absolute atomic E-state index is 12.3. The van der Waals surface area contributed by atoms with E-state index in [0.29, 0.717) is 29.1 Å². The minimum atomic E-state index is -0.00570. The summed E-state index contributed by atoms with van der Waals surface area (Å²) in [6, 6.07) is 10.7. The van der Waals surface area contributed by atoms with Crippen molar-refractivity contribution < 1.29 is 14.6 Å². The number of aromatic nitrogens is 1. The second-order valence-electron chi connectivity index (χ2n) is 7.18. The second-order valence-corrected chi connectivity index (χ2v) is 7.59. The maximum Gasteiger partial charge on any atom is 0.195 e. The predicted octanol–water partition coefficient (Wildman–Crippen LogP) is 3.41. The molecule has 2 fully saturated rings. The summed E-state index contributed by atoms with van der Waals surface area (Å²) in [6.45, 7) is 2.20. The Morgan fingerprint density at radius 1 is 1.19 bits per heavy atom. The number of halogens is 1. The van der Waals surface area contributed by atoms with Crippen LogP contribution in [0.5, 0.6) is 11.5 Å². The van der Waals surface area contributed by atoms with Gasteiger partial charge in [-0.2, -0.15) is 0 Å². The average molecular weight is 373 g/mol. The number of likely N-dealkylation sites (tertiary alicyclic amines) is 1. The summed E-state index contributed by atoms with van der Waals surface area (Å²) in [5, 5.41) is 9.93. The number of rotatable bonds is 5. The molecule has 2 aromatic rings. The van der Waals surface area contributed by atoms with Gasteiger partial charge in [-0.3, -0.25) is 9.69 Å². The maximum atomic E-state index is 12.3. The normalized spacial score (nSPS) is 25.2. The van der Waals surface area contributed by atoms with E-state index in [-0.39, 0.29) is 17.6 Å². The quantitative estimate of drug-likeness (QED) is 0.815. The third-order valence-corrected chi connectivity index (χ3v) is 5.63. The summed E-state index contributed by atoms with van der Waals surface area (Å²) in [5.41, 5.74) is 0.403. The summed E-state index contributed by atoms with van der Waals surface area (Å²) >= 11 is 6.18. The fourth-order valence-corrected chi connectivity index (χ4v) is 4.30. The van der Waals surface area contributed by atoms with Gasteiger partial charge in [0, 0.05) is 13.1 Å². The number of hydrogen-bond donors (Lipinski definition) is 1. The number of aromatic hydroxyl groups is 1. The van der Waals surface area contributed by atoms with Crippen LogP contribution in [0.4, 0.5) is 0 Å². The molecule has 1 N–H and O–H groups in total. The van der Waals surface area contributed by atoms with Crippen molar-refractivity contribution in [1.29, 1.82) is 0 Å². The van der Waals surface area contributed by atoms with Crippen LogP contribution in [0.1, 0.15) is 23.3 Å². The molecule has 0 radical (unpaired) electrons. The summed E-state index contributed by atoms with van der Waals surface area (Å²) in [5.74, 6) is 1.94. The highest BCUT2D eigenvalue weighted by atomic mass is 35.5. The molecule has 6 heteroatoms. The van der Waals surface area contributed by atoms with Gasteiger partial charge in [0.05, 0.1) is 23.9 Å². The van der Waals surface area contributed by atoms with E-state index < -0.39 is 0 Å². The Kier molecular flexibility index (Phi) is 4.83. The zero-order valence-electron chi connectivity index (χ0n) is 14.3. The Bertz CT molecular complexity index is 782. The van der Waals surface area contributed by atoms with Crippen molar-refractivity contribution in [2.75, 3.05) is 19.6 Å². The van der Waals surface area contributed by atoms with E-state index in [9.17, 15) is 9.90 Å². The SMILES string of the molecule is O=C(CN1CC2CC(Oc3ccccc3Cl)C[C@H]2C1)c1ccc(O)cn1. The van der Waals surface area contributed by atoms with E-state index >= 15 is 0 Å². The van der Waals surface area contributed by atoms with E-state index in [0.717, 1.165) is 31.7 Å². The molecule has 2 unspecified atom stereocenters. The van der Waals surface area contributed by atoms with Crippen LogP contribution in [0.2, 0.25) is 5.02 Å². The molecule has 2 aliphatic rings. The van der Waals surface area contributed by atoms with Crippen LogP contribution >= 0.6 is 11.6 Å². The average Bonchev–Trinajstić information content (AvgIpc) is 3.15. The molecule has 0 amide bonds. The molecule has 1 aromatic heterocycles. The van der Waals surface area contributed by atoms with Crippen LogP contribution in [0.15, 0.2) is 42.6 Å². The monoisotopic (exact) mass is 372 g/mol. The van der Waals surface area contributed by atoms with Crippen LogP contribution < -0.4 is 4.74 Å². The van der Waals surface area contributed by atoms with Gasteiger partial charge in [0.15, 0.2) is 5.78 Å². The molecule has 0 bridgehead atoms. The number of benzene rings is 1. The zero-order chi connectivity index (χ0) is 18.1. The number of carbonyl (C=O) groups excluding carboxylic acids is 1. The molecule has 1 aromatic carbocycles. The van der Waals surface area contributed by atoms with Crippen LogP contribution in [-0.2, 0) is 0 Å². The molecule has 1 saturated heterocycles. The Balaban J connectivity index is 1.30. The topological polar surface area (TPSA) is 62.7 Å². The Morgan fingerprint density at radius 2 is 1.92 bits per heavy atom. The van der Waals surface area contributed by atoms with Gasteiger partial charge in [-0.1, -0.05) is 23.7 Å². The fourth-order valence-electron chi connectivity index (χ4n) is 4.12. The molecule has 5 nitrogen and oxygen atoms in total. The molecular weight excluding hydrogens is 352 g/mol. The Morgan fingerprint density at radius 3 is 2.58 bits per heavy atom. The van der Waals surface area contributed by atoms with Crippen molar-refractivity contribution in [3.63, 3.8) is 0 Å². The van der Waals surface area contributed by atoms with Crippen molar-refractivity contribution in [2.45, 2.75) is 18.9 Å². The second kappa shape index (κ2) is 7.25. The lowest BCUT2D eigenvalue weighted by Gasteiger charge is -2.19. The third kappa shape index (κ3) is 3.69. The summed E-state index contributed by atoms with van der Waals surface area (Å²) in [7, 11) is 0. The van der Waals surface area contributed by atoms with Gasteiger partial charge in [0.2, 0.25) is 0 Å². The fraction of sp³-hybridized carbons (Fsp3) is 0.400. The highest BCUT2D eigenvalue weighted by Gasteiger charge is 2.42. The smallest absolute Gasteiger partial charge is 0.195 e. The summed E-state index contributed by atoms with van der Waals surface area (Å²) in [4.78, 5) is 18.6. The van der Waals surface area contributed by atoms with E-state index in [4.69, 9.17) is 16.3 Å². The molecular formula is C20H21ClN2O3. The Labute approximate surface area is 157 Å². The lowest BCUT2D eigenvalue weighted by atomic mass is 10.0. The zero-order valence-corrected chi connectivity index (χ0v) is 15.1. The lowest BCUT2D eigenvalue weighted by Crippen LogP contribution is -2.30. The minimum Gasteiger partial charge on any atom is -0.506 e. The predicted molar refractivity (Wildman–Crippen MR) is 98.8 cm³/mol. The first-order valence-corrected chi connectivity index (χ1v) is 9.28. The van der Waals surface area contributed by atoms with E-state index in [2.05, 4.69) is 9.88 Å². The molecule has 4 rings (SSSR count). The van der Waals surface area contributed by atoms with E-state index in [1.54, 1.807) is 6.07 Å². The van der Waals surface area contributed by atoms with Gasteiger partial charge in [-0.05, 0) is 48.9 Å². The van der Waals surface area contributed by atoms with E-state index in [1.807, 2.05) is 24.3 Å². The first-order valence-electron chi connectivity index (χ1n) is 8.90. The van der Waals surface area contributed by atoms with Gasteiger partial charge >= 0.3 is 0 Å². The first kappa shape index (κ1) is 17.3. The minimum absolute atomic E-state index is 0.00570. The molecule has 1 aliphatic heterocycles. The number of para-hydroxylation sites is 1. The van der Waals surface area contributed by atoms with Crippen LogP contribution in [0, 0.1) is 11.8 Å². The number of ether oxygens (including phenoxy) is 1. The van der Waals surface area contributed by atoms with Crippen LogP contribution in [0.25, 0.3) is 0 Å². The highest BCUT2D eigenvalue weighted by molar-refractivity contribution is 6.32. The van der Waals surface area contributed by atoms with Crippen LogP contribution in [-0.4, -0.2) is 46.5 Å². The molecule has 1 saturated carbocycles. The molecule has 2 heterocycles. The highest BCUT2D eigenvalue weighted by Crippen LogP contribution is 2.40. The number of carbonyl (C=O) groups is 1. The standard InChI is InChI=1S/C20H21ClN2O3/c21-17-3-1-2-4-20(17)26-16-7-13-10-23(11-14(13)8-16)12-19(25)18-6-5-15(24)9-22-18/h1-6,9,13-14,16,24H,7-8,10-12H2/t13-,14?,16?/m0/s1. The number of Topliss-reactive ketones (excluding diaryl/α,β-unsaturated/α-hetero) is 1. The van der Waals surface area contributed by atoms with Crippen molar-refractivity contribution in [3.05, 3.63) is 53.3 Å². The summed E-state index contributed by atoms with van der Waals surface area (Å²) < 4.78 is 6.09. The van der Waals surface area contributed by atoms with Gasteiger partial charge in [0.25, 0.3) is 0 Å². The van der Waals surface area contributed by atoms with Gasteiger partial charge < -0.3 is 9.84 Å². The van der Waals surface area contributed by atoms with Gasteiger partial charge in [-0.25, -0.2) is 4.98 Å². The third-order valence-electron chi connectivity index (χ3n) is 5.31. The van der Waals surface area contributed by atoms with Crippen molar-refractivity contribution in [3.8, 4) is 11.5 Å². The van der Waals surface area contributed by atoms with Crippen LogP contribution in [0.3, 0.4) is 0 Å². The number of ketones is 1. The number of pyridine rings is 1. The molecule has 136 valence electrons. The largest absolute Gasteiger partial charge is 0.506 e. The van der Waals surface area contributed by atoms with Gasteiger partial charge in [0.1, 0.15) is 17.2 Å². The molecule has 1 aliphatic carbocycles. The Hall–Kier alpha value is -2.11. The van der Waals surface area contributed by atoms with Crippen molar-refractivity contribution in [1.82, 2.24) is 9.88 Å². The summed E-state index contributed by atoms with van der Waals surface area (Å²) in [6.07, 6.45) is 3.50. The van der Waals surface area contributed by atoms with E-state index in [1.165, 1.54) is 12.3 Å². The molecule has 0 spiro atoms. The molecule has 26 heavy (non-hydrogen) atoms. The number of nitrogens with zero attached hydrogens (tertiary/aromatic N) is 2. The first-order chi connectivity index (χ1) is 12.6. The van der Waals surface area contributed by atoms with Crippen molar-refractivity contribution >= 4 is 17.4 Å². The van der Waals surface area contributed by atoms with Gasteiger partial charge in [-0.15, -0.1) is 0 Å². The lowest BCUT2D eigenvalue weighted by molar-refractivity contribution is 0.0932. The van der Waals surface area contributed by atoms with Crippen molar-refractivity contribution in [2.24, 2.45) is 11.8 Å². The molecule has 3 atom stereocenters. The number of hydrogen-bond acceptors (Lipinski definition) is 5.